The Bertz CT molecular complexity index is 613. The van der Waals surface area contributed by atoms with Crippen molar-refractivity contribution in [2.24, 2.45) is 10.9 Å². The van der Waals surface area contributed by atoms with Crippen molar-refractivity contribution >= 4 is 29.9 Å². The molecule has 1 fully saturated rings. The summed E-state index contributed by atoms with van der Waals surface area (Å²) in [6.45, 7) is 3.73. The van der Waals surface area contributed by atoms with Crippen molar-refractivity contribution in [3.63, 3.8) is 0 Å². The van der Waals surface area contributed by atoms with E-state index in [1.165, 1.54) is 12.0 Å². The quantitative estimate of drug-likeness (QED) is 0.439. The van der Waals surface area contributed by atoms with Crippen LogP contribution >= 0.6 is 24.0 Å². The third kappa shape index (κ3) is 5.19. The Morgan fingerprint density at radius 1 is 1.33 bits per heavy atom. The van der Waals surface area contributed by atoms with E-state index in [9.17, 15) is 0 Å². The molecular weight excluding hydrogens is 415 g/mol. The van der Waals surface area contributed by atoms with E-state index in [1.807, 2.05) is 11.7 Å². The van der Waals surface area contributed by atoms with Gasteiger partial charge in [0.15, 0.2) is 5.96 Å². The lowest BCUT2D eigenvalue weighted by Crippen LogP contribution is -2.41. The summed E-state index contributed by atoms with van der Waals surface area (Å²) in [6.07, 6.45) is 5.66. The first-order valence-corrected chi connectivity index (χ1v) is 8.17. The van der Waals surface area contributed by atoms with Gasteiger partial charge in [0.05, 0.1) is 6.54 Å². The van der Waals surface area contributed by atoms with Crippen LogP contribution in [0.3, 0.4) is 0 Å². The average molecular weight is 440 g/mol. The third-order valence-corrected chi connectivity index (χ3v) is 4.25. The molecule has 1 unspecified atom stereocenters. The topological polar surface area (TPSA) is 58.3 Å². The van der Waals surface area contributed by atoms with Crippen molar-refractivity contribution in [1.29, 1.82) is 0 Å². The Morgan fingerprint density at radius 2 is 2.17 bits per heavy atom. The summed E-state index contributed by atoms with van der Waals surface area (Å²) >= 11 is 0. The number of aromatic nitrogens is 3. The van der Waals surface area contributed by atoms with Gasteiger partial charge in [-0.05, 0) is 24.3 Å². The molecule has 3 rings (SSSR count). The maximum absolute atomic E-state index is 4.42. The maximum Gasteiger partial charge on any atom is 0.193 e. The Labute approximate surface area is 160 Å². The molecular formula is C17H25IN6. The molecule has 1 aliphatic heterocycles. The van der Waals surface area contributed by atoms with Gasteiger partial charge in [-0.25, -0.2) is 4.98 Å². The van der Waals surface area contributed by atoms with Gasteiger partial charge in [0.25, 0.3) is 0 Å². The van der Waals surface area contributed by atoms with Gasteiger partial charge < -0.3 is 10.2 Å². The van der Waals surface area contributed by atoms with Gasteiger partial charge in [0.2, 0.25) is 0 Å². The predicted molar refractivity (Wildman–Crippen MR) is 107 cm³/mol. The van der Waals surface area contributed by atoms with E-state index < -0.39 is 0 Å². The molecule has 1 aliphatic rings. The minimum absolute atomic E-state index is 0. The van der Waals surface area contributed by atoms with Crippen LogP contribution in [0.15, 0.2) is 48.0 Å². The van der Waals surface area contributed by atoms with E-state index >= 15 is 0 Å². The lowest BCUT2D eigenvalue weighted by Gasteiger charge is -2.21. The molecule has 130 valence electrons. The zero-order chi connectivity index (χ0) is 15.9. The van der Waals surface area contributed by atoms with Crippen molar-refractivity contribution in [2.75, 3.05) is 26.7 Å². The van der Waals surface area contributed by atoms with Crippen LogP contribution in [0.1, 0.15) is 12.0 Å². The van der Waals surface area contributed by atoms with Gasteiger partial charge in [0, 0.05) is 26.7 Å². The van der Waals surface area contributed by atoms with Crippen LogP contribution in [0.4, 0.5) is 0 Å². The maximum atomic E-state index is 4.42. The highest BCUT2D eigenvalue weighted by Crippen LogP contribution is 2.20. The fourth-order valence-electron chi connectivity index (χ4n) is 3.10. The zero-order valence-corrected chi connectivity index (χ0v) is 16.3. The number of nitrogens with one attached hydrogen (secondary N) is 1. The first-order chi connectivity index (χ1) is 11.3. The van der Waals surface area contributed by atoms with E-state index in [-0.39, 0.29) is 24.0 Å². The second-order valence-corrected chi connectivity index (χ2v) is 5.92. The smallest absolute Gasteiger partial charge is 0.193 e. The van der Waals surface area contributed by atoms with Crippen molar-refractivity contribution in [3.8, 4) is 0 Å². The molecule has 2 aromatic rings. The number of benzene rings is 1. The Morgan fingerprint density at radius 3 is 2.88 bits per heavy atom. The molecule has 0 radical (unpaired) electrons. The van der Waals surface area contributed by atoms with Crippen molar-refractivity contribution in [2.45, 2.75) is 19.4 Å². The summed E-state index contributed by atoms with van der Waals surface area (Å²) in [5.74, 6) is 1.69. The predicted octanol–water partition coefficient (Wildman–Crippen LogP) is 2.04. The van der Waals surface area contributed by atoms with Gasteiger partial charge >= 0.3 is 0 Å². The average Bonchev–Trinajstić information content (AvgIpc) is 3.25. The summed E-state index contributed by atoms with van der Waals surface area (Å²) in [6, 6.07) is 10.7. The third-order valence-electron chi connectivity index (χ3n) is 4.25. The number of guanidine groups is 1. The van der Waals surface area contributed by atoms with Crippen molar-refractivity contribution in [1.82, 2.24) is 25.0 Å². The second-order valence-electron chi connectivity index (χ2n) is 5.92. The summed E-state index contributed by atoms with van der Waals surface area (Å²) in [7, 11) is 1.85. The molecule has 7 heteroatoms. The highest BCUT2D eigenvalue weighted by Gasteiger charge is 2.24. The Balaban J connectivity index is 0.00000208. The van der Waals surface area contributed by atoms with E-state index in [0.717, 1.165) is 38.6 Å². The standard InChI is InChI=1S/C17H24N6.HI/c1-18-17(20-8-10-23-14-19-13-21-23)22-9-7-16(12-22)11-15-5-3-2-4-6-15;/h2-6,13-14,16H,7-12H2,1H3,(H,18,20);1H. The Kier molecular flexibility index (Phi) is 7.48. The minimum atomic E-state index is 0. The van der Waals surface area contributed by atoms with Gasteiger partial charge in [-0.3, -0.25) is 9.67 Å². The van der Waals surface area contributed by atoms with Gasteiger partial charge in [-0.15, -0.1) is 24.0 Å². The van der Waals surface area contributed by atoms with Crippen LogP contribution in [0, 0.1) is 5.92 Å². The first kappa shape index (κ1) is 18.7. The monoisotopic (exact) mass is 440 g/mol. The van der Waals surface area contributed by atoms with E-state index in [0.29, 0.717) is 5.92 Å². The molecule has 0 amide bonds. The summed E-state index contributed by atoms with van der Waals surface area (Å²) in [4.78, 5) is 10.7. The fourth-order valence-corrected chi connectivity index (χ4v) is 3.10. The van der Waals surface area contributed by atoms with E-state index in [2.05, 4.69) is 55.6 Å². The fraction of sp³-hybridized carbons (Fsp3) is 0.471. The molecule has 24 heavy (non-hydrogen) atoms. The lowest BCUT2D eigenvalue weighted by atomic mass is 9.99. The van der Waals surface area contributed by atoms with Crippen LogP contribution < -0.4 is 5.32 Å². The van der Waals surface area contributed by atoms with E-state index in [1.54, 1.807) is 12.7 Å². The van der Waals surface area contributed by atoms with E-state index in [4.69, 9.17) is 0 Å². The number of halogens is 1. The molecule has 2 heterocycles. The number of rotatable bonds is 5. The second kappa shape index (κ2) is 9.61. The van der Waals surface area contributed by atoms with Crippen LogP contribution in [-0.4, -0.2) is 52.3 Å². The summed E-state index contributed by atoms with van der Waals surface area (Å²) < 4.78 is 1.82. The lowest BCUT2D eigenvalue weighted by molar-refractivity contribution is 0.455. The SMILES string of the molecule is CN=C(NCCn1cncn1)N1CCC(Cc2ccccc2)C1.I. The highest BCUT2D eigenvalue weighted by atomic mass is 127. The van der Waals surface area contributed by atoms with Gasteiger partial charge in [-0.1, -0.05) is 30.3 Å². The van der Waals surface area contributed by atoms with Gasteiger partial charge in [0.1, 0.15) is 12.7 Å². The van der Waals surface area contributed by atoms with Crippen molar-refractivity contribution < 1.29 is 0 Å². The number of likely N-dealkylation sites (tertiary alicyclic amines) is 1. The molecule has 1 aromatic carbocycles. The van der Waals surface area contributed by atoms with Crippen LogP contribution in [-0.2, 0) is 13.0 Å². The normalized spacial score (nSPS) is 17.6. The molecule has 1 atom stereocenters. The Hall–Kier alpha value is -1.64. The summed E-state index contributed by atoms with van der Waals surface area (Å²) in [5.41, 5.74) is 1.42. The molecule has 1 N–H and O–H groups in total. The van der Waals surface area contributed by atoms with Crippen LogP contribution in [0.25, 0.3) is 0 Å². The van der Waals surface area contributed by atoms with Crippen molar-refractivity contribution in [3.05, 3.63) is 48.5 Å². The summed E-state index contributed by atoms with van der Waals surface area (Å²) in [5, 5.41) is 7.53. The molecule has 1 saturated heterocycles. The molecule has 0 aliphatic carbocycles. The minimum Gasteiger partial charge on any atom is -0.354 e. The zero-order valence-electron chi connectivity index (χ0n) is 14.0. The number of hydrogen-bond donors (Lipinski definition) is 1. The number of hydrogen-bond acceptors (Lipinski definition) is 3. The van der Waals surface area contributed by atoms with Crippen LogP contribution in [0.5, 0.6) is 0 Å². The largest absolute Gasteiger partial charge is 0.354 e. The first-order valence-electron chi connectivity index (χ1n) is 8.17. The number of aliphatic imine (C=N–C) groups is 1. The van der Waals surface area contributed by atoms with Crippen LogP contribution in [0.2, 0.25) is 0 Å². The number of nitrogens with zero attached hydrogens (tertiary/aromatic N) is 5. The molecule has 6 nitrogen and oxygen atoms in total. The van der Waals surface area contributed by atoms with Gasteiger partial charge in [-0.2, -0.15) is 5.10 Å². The highest BCUT2D eigenvalue weighted by molar-refractivity contribution is 14.0. The molecule has 0 saturated carbocycles. The molecule has 0 bridgehead atoms. The molecule has 0 spiro atoms. The molecule has 1 aromatic heterocycles.